The van der Waals surface area contributed by atoms with Crippen LogP contribution >= 0.6 is 0 Å². The summed E-state index contributed by atoms with van der Waals surface area (Å²) in [4.78, 5) is 14.6. The van der Waals surface area contributed by atoms with E-state index in [0.29, 0.717) is 6.42 Å². The van der Waals surface area contributed by atoms with Gasteiger partial charge < -0.3 is 4.74 Å². The number of carbonyl (C=O) groups is 1. The van der Waals surface area contributed by atoms with Gasteiger partial charge in [0.2, 0.25) is 0 Å². The second kappa shape index (κ2) is 7.83. The van der Waals surface area contributed by atoms with Crippen LogP contribution in [0.1, 0.15) is 37.8 Å². The van der Waals surface area contributed by atoms with Gasteiger partial charge in [0.1, 0.15) is 0 Å². The Kier molecular flexibility index (Phi) is 5.54. The molecule has 0 N–H and O–H groups in total. The van der Waals surface area contributed by atoms with Gasteiger partial charge in [-0.2, -0.15) is 0 Å². The van der Waals surface area contributed by atoms with Crippen LogP contribution in [0, 0.1) is 0 Å². The number of esters is 1. The van der Waals surface area contributed by atoms with Crippen molar-refractivity contribution in [3.8, 4) is 0 Å². The zero-order chi connectivity index (χ0) is 17.7. The molecule has 1 fully saturated rings. The number of likely N-dealkylation sites (tertiary alicyclic amines) is 1. The van der Waals surface area contributed by atoms with Crippen LogP contribution in [-0.2, 0) is 21.6 Å². The SMILES string of the molecule is CCC(=O)OC1(c2ccccc2)CCN(CCc2ccccc2)C1C. The van der Waals surface area contributed by atoms with Crippen LogP contribution < -0.4 is 0 Å². The van der Waals surface area contributed by atoms with Gasteiger partial charge in [-0.25, -0.2) is 0 Å². The average molecular weight is 337 g/mol. The minimum atomic E-state index is -0.537. The van der Waals surface area contributed by atoms with Crippen molar-refractivity contribution in [2.45, 2.75) is 44.8 Å². The monoisotopic (exact) mass is 337 g/mol. The molecule has 3 nitrogen and oxygen atoms in total. The number of nitrogens with zero attached hydrogens (tertiary/aromatic N) is 1. The van der Waals surface area contributed by atoms with Gasteiger partial charge in [0.25, 0.3) is 0 Å². The molecule has 0 saturated carbocycles. The van der Waals surface area contributed by atoms with Crippen molar-refractivity contribution in [3.63, 3.8) is 0 Å². The maximum absolute atomic E-state index is 12.1. The average Bonchev–Trinajstić information content (AvgIpc) is 2.98. The minimum Gasteiger partial charge on any atom is -0.452 e. The highest BCUT2D eigenvalue weighted by Crippen LogP contribution is 2.41. The van der Waals surface area contributed by atoms with Crippen molar-refractivity contribution in [2.75, 3.05) is 13.1 Å². The van der Waals surface area contributed by atoms with Crippen LogP contribution in [-0.4, -0.2) is 30.0 Å². The molecule has 132 valence electrons. The molecule has 25 heavy (non-hydrogen) atoms. The summed E-state index contributed by atoms with van der Waals surface area (Å²) in [6.07, 6.45) is 2.27. The largest absolute Gasteiger partial charge is 0.452 e. The molecule has 1 saturated heterocycles. The molecule has 2 atom stereocenters. The molecule has 0 spiro atoms. The highest BCUT2D eigenvalue weighted by atomic mass is 16.6. The van der Waals surface area contributed by atoms with E-state index in [1.807, 2.05) is 31.2 Å². The Bertz CT molecular complexity index is 686. The van der Waals surface area contributed by atoms with Crippen LogP contribution in [0.25, 0.3) is 0 Å². The molecule has 0 amide bonds. The van der Waals surface area contributed by atoms with E-state index in [9.17, 15) is 4.79 Å². The van der Waals surface area contributed by atoms with Crippen LogP contribution in [0.3, 0.4) is 0 Å². The zero-order valence-corrected chi connectivity index (χ0v) is 15.2. The van der Waals surface area contributed by atoms with Crippen molar-refractivity contribution < 1.29 is 9.53 Å². The molecule has 0 aliphatic carbocycles. The van der Waals surface area contributed by atoms with E-state index in [-0.39, 0.29) is 12.0 Å². The second-order valence-electron chi connectivity index (χ2n) is 6.78. The first-order chi connectivity index (χ1) is 12.2. The van der Waals surface area contributed by atoms with Crippen molar-refractivity contribution in [3.05, 3.63) is 71.8 Å². The number of rotatable bonds is 6. The Morgan fingerprint density at radius 1 is 1.12 bits per heavy atom. The van der Waals surface area contributed by atoms with Crippen molar-refractivity contribution in [1.29, 1.82) is 0 Å². The number of benzene rings is 2. The van der Waals surface area contributed by atoms with Crippen molar-refractivity contribution in [1.82, 2.24) is 4.90 Å². The summed E-state index contributed by atoms with van der Waals surface area (Å²) in [5, 5.41) is 0. The number of hydrogen-bond acceptors (Lipinski definition) is 3. The van der Waals surface area contributed by atoms with Crippen molar-refractivity contribution in [2.24, 2.45) is 0 Å². The summed E-state index contributed by atoms with van der Waals surface area (Å²) in [7, 11) is 0. The number of carbonyl (C=O) groups excluding carboxylic acids is 1. The van der Waals surface area contributed by atoms with Gasteiger partial charge in [0.05, 0.1) is 6.04 Å². The molecule has 2 aromatic carbocycles. The van der Waals surface area contributed by atoms with Crippen molar-refractivity contribution >= 4 is 5.97 Å². The normalized spacial score (nSPS) is 23.5. The van der Waals surface area contributed by atoms with Gasteiger partial charge in [0, 0.05) is 25.9 Å². The summed E-state index contributed by atoms with van der Waals surface area (Å²) in [6, 6.07) is 20.9. The van der Waals surface area contributed by atoms with Gasteiger partial charge in [0.15, 0.2) is 5.60 Å². The highest BCUT2D eigenvalue weighted by molar-refractivity contribution is 5.70. The first-order valence-corrected chi connectivity index (χ1v) is 9.21. The zero-order valence-electron chi connectivity index (χ0n) is 15.2. The Morgan fingerprint density at radius 3 is 2.40 bits per heavy atom. The molecule has 2 unspecified atom stereocenters. The van der Waals surface area contributed by atoms with E-state index < -0.39 is 5.60 Å². The molecule has 1 aliphatic heterocycles. The minimum absolute atomic E-state index is 0.124. The Labute approximate surface area is 150 Å². The molecular formula is C22H27NO2. The first-order valence-electron chi connectivity index (χ1n) is 9.21. The fourth-order valence-corrected chi connectivity index (χ4v) is 3.81. The third-order valence-electron chi connectivity index (χ3n) is 5.37. The molecule has 0 radical (unpaired) electrons. The van der Waals surface area contributed by atoms with E-state index >= 15 is 0 Å². The number of hydrogen-bond donors (Lipinski definition) is 0. The first kappa shape index (κ1) is 17.7. The van der Waals surface area contributed by atoms with Crippen LogP contribution in [0.5, 0.6) is 0 Å². The van der Waals surface area contributed by atoms with Gasteiger partial charge in [-0.05, 0) is 24.5 Å². The summed E-state index contributed by atoms with van der Waals surface area (Å²) < 4.78 is 6.05. The summed E-state index contributed by atoms with van der Waals surface area (Å²) >= 11 is 0. The Hall–Kier alpha value is -2.13. The maximum atomic E-state index is 12.1. The van der Waals surface area contributed by atoms with Gasteiger partial charge in [-0.1, -0.05) is 67.6 Å². The van der Waals surface area contributed by atoms with E-state index in [4.69, 9.17) is 4.74 Å². The molecule has 1 aliphatic rings. The molecule has 3 rings (SSSR count). The quantitative estimate of drug-likeness (QED) is 0.741. The third kappa shape index (κ3) is 3.77. The third-order valence-corrected chi connectivity index (χ3v) is 5.37. The van der Waals surface area contributed by atoms with E-state index in [2.05, 4.69) is 48.2 Å². The fraction of sp³-hybridized carbons (Fsp3) is 0.409. The molecule has 0 aromatic heterocycles. The van der Waals surface area contributed by atoms with Gasteiger partial charge in [-0.15, -0.1) is 0 Å². The lowest BCUT2D eigenvalue weighted by molar-refractivity contribution is -0.163. The Balaban J connectivity index is 1.78. The topological polar surface area (TPSA) is 29.5 Å². The fourth-order valence-electron chi connectivity index (χ4n) is 3.81. The summed E-state index contributed by atoms with van der Waals surface area (Å²) in [5.74, 6) is -0.124. The lowest BCUT2D eigenvalue weighted by Crippen LogP contribution is -2.44. The van der Waals surface area contributed by atoms with E-state index in [1.54, 1.807) is 0 Å². The molecule has 0 bridgehead atoms. The second-order valence-corrected chi connectivity index (χ2v) is 6.78. The maximum Gasteiger partial charge on any atom is 0.306 e. The van der Waals surface area contributed by atoms with Crippen LogP contribution in [0.15, 0.2) is 60.7 Å². The van der Waals surface area contributed by atoms with Gasteiger partial charge in [-0.3, -0.25) is 9.69 Å². The van der Waals surface area contributed by atoms with Crippen LogP contribution in [0.4, 0.5) is 0 Å². The van der Waals surface area contributed by atoms with Crippen LogP contribution in [0.2, 0.25) is 0 Å². The molecule has 1 heterocycles. The van der Waals surface area contributed by atoms with E-state index in [0.717, 1.165) is 31.5 Å². The van der Waals surface area contributed by atoms with E-state index in [1.165, 1.54) is 5.56 Å². The van der Waals surface area contributed by atoms with Gasteiger partial charge >= 0.3 is 5.97 Å². The molecule has 2 aromatic rings. The standard InChI is InChI=1S/C22H27NO2/c1-3-21(24)25-22(20-12-8-5-9-13-20)15-17-23(18(22)2)16-14-19-10-6-4-7-11-19/h4-13,18H,3,14-17H2,1-2H3. The summed E-state index contributed by atoms with van der Waals surface area (Å²) in [5.41, 5.74) is 1.91. The smallest absolute Gasteiger partial charge is 0.306 e. The molecular weight excluding hydrogens is 310 g/mol. The molecule has 3 heteroatoms. The number of ether oxygens (including phenoxy) is 1. The predicted octanol–water partition coefficient (Wildman–Crippen LogP) is 4.17. The highest BCUT2D eigenvalue weighted by Gasteiger charge is 2.48. The lowest BCUT2D eigenvalue weighted by atomic mass is 9.86. The Morgan fingerprint density at radius 2 is 1.76 bits per heavy atom. The lowest BCUT2D eigenvalue weighted by Gasteiger charge is -2.36. The predicted molar refractivity (Wildman–Crippen MR) is 100 cm³/mol. The summed E-state index contributed by atoms with van der Waals surface area (Å²) in [6.45, 7) is 5.96.